The molecule has 1 aromatic heterocycles. The third-order valence-electron chi connectivity index (χ3n) is 5.56. The summed E-state index contributed by atoms with van der Waals surface area (Å²) in [6.45, 7) is 6.95. The van der Waals surface area contributed by atoms with Crippen LogP contribution >= 0.6 is 0 Å². The van der Waals surface area contributed by atoms with Gasteiger partial charge in [-0.3, -0.25) is 14.6 Å². The van der Waals surface area contributed by atoms with Gasteiger partial charge in [0, 0.05) is 41.7 Å². The minimum atomic E-state index is -0.573. The molecule has 0 saturated heterocycles. The average molecular weight is 367 g/mol. The molecule has 1 fully saturated rings. The normalized spacial score (nSPS) is 16.5. The van der Waals surface area contributed by atoms with Gasteiger partial charge in [-0.25, -0.2) is 0 Å². The number of rotatable bonds is 7. The highest BCUT2D eigenvalue weighted by Gasteiger charge is 2.33. The maximum absolute atomic E-state index is 12.4. The zero-order valence-corrected chi connectivity index (χ0v) is 16.7. The molecule has 1 saturated carbocycles. The summed E-state index contributed by atoms with van der Waals surface area (Å²) in [6, 6.07) is 6.45. The van der Waals surface area contributed by atoms with Gasteiger partial charge in [0.15, 0.2) is 0 Å². The number of Topliss-reactive ketones (excluding diaryl/α,β-unsaturated/α-hetero) is 2. The molecule has 0 aliphatic heterocycles. The largest absolute Gasteiger partial charge is 0.358 e. The van der Waals surface area contributed by atoms with Gasteiger partial charge in [0.2, 0.25) is 0 Å². The smallest absolute Gasteiger partial charge is 0.149 e. The van der Waals surface area contributed by atoms with Crippen molar-refractivity contribution in [2.24, 2.45) is 10.9 Å². The van der Waals surface area contributed by atoms with Crippen molar-refractivity contribution in [1.29, 1.82) is 0 Å². The van der Waals surface area contributed by atoms with Crippen LogP contribution in [0.4, 0.5) is 0 Å². The van der Waals surface area contributed by atoms with Crippen LogP contribution in [0.1, 0.15) is 62.3 Å². The number of fused-ring (bicyclic) bond motifs is 1. The molecule has 2 aromatic rings. The summed E-state index contributed by atoms with van der Waals surface area (Å²) < 4.78 is 0. The number of unbranched alkanes of at least 4 members (excludes halogenated alkanes) is 1. The number of aliphatic imine (C=N–C) groups is 1. The Kier molecular flexibility index (Phi) is 6.25. The summed E-state index contributed by atoms with van der Waals surface area (Å²) in [5.41, 5.74) is 5.67. The molecule has 27 heavy (non-hydrogen) atoms. The lowest BCUT2D eigenvalue weighted by atomic mass is 9.82. The molecule has 3 rings (SSSR count). The van der Waals surface area contributed by atoms with E-state index in [-0.39, 0.29) is 11.6 Å². The van der Waals surface area contributed by atoms with Crippen LogP contribution in [0.5, 0.6) is 0 Å². The van der Waals surface area contributed by atoms with E-state index < -0.39 is 5.92 Å². The maximum atomic E-state index is 12.4. The van der Waals surface area contributed by atoms with Crippen LogP contribution < -0.4 is 0 Å². The number of nitrogens with one attached hydrogen (secondary N) is 1. The highest BCUT2D eigenvalue weighted by molar-refractivity contribution is 6.22. The zero-order chi connectivity index (χ0) is 19.4. The third kappa shape index (κ3) is 4.37. The van der Waals surface area contributed by atoms with Crippen molar-refractivity contribution in [1.82, 2.24) is 4.98 Å². The number of hydrogen-bond donors (Lipinski definition) is 1. The van der Waals surface area contributed by atoms with Crippen LogP contribution in [0.15, 0.2) is 23.2 Å². The number of nitrogens with zero attached hydrogens (tertiary/aromatic N) is 1. The van der Waals surface area contributed by atoms with Gasteiger partial charge in [-0.1, -0.05) is 25.0 Å². The second kappa shape index (κ2) is 8.64. The van der Waals surface area contributed by atoms with Crippen LogP contribution in [0.3, 0.4) is 0 Å². The second-order valence-corrected chi connectivity index (χ2v) is 7.72. The monoisotopic (exact) mass is 366 g/mol. The highest BCUT2D eigenvalue weighted by atomic mass is 16.2. The molecule has 1 heterocycles. The van der Waals surface area contributed by atoms with Gasteiger partial charge < -0.3 is 4.98 Å². The first-order valence-electron chi connectivity index (χ1n) is 10.2. The molecule has 0 amide bonds. The Morgan fingerprint density at radius 1 is 1.19 bits per heavy atom. The lowest BCUT2D eigenvalue weighted by Gasteiger charge is -2.21. The molecule has 1 aliphatic rings. The van der Waals surface area contributed by atoms with E-state index in [1.165, 1.54) is 22.2 Å². The van der Waals surface area contributed by atoms with Crippen molar-refractivity contribution in [3.63, 3.8) is 0 Å². The number of aromatic amines is 1. The molecule has 1 N–H and O–H groups in total. The quantitative estimate of drug-likeness (QED) is 0.560. The summed E-state index contributed by atoms with van der Waals surface area (Å²) in [5, 5.41) is 1.25. The van der Waals surface area contributed by atoms with Gasteiger partial charge >= 0.3 is 0 Å². The first kappa shape index (κ1) is 19.5. The molecule has 0 radical (unpaired) electrons. The average Bonchev–Trinajstić information content (AvgIpc) is 2.94. The fraction of sp³-hybridized carbons (Fsp3) is 0.522. The Balaban J connectivity index is 1.81. The molecule has 4 nitrogen and oxygen atoms in total. The first-order chi connectivity index (χ1) is 13.0. The van der Waals surface area contributed by atoms with E-state index in [1.807, 2.05) is 0 Å². The third-order valence-corrected chi connectivity index (χ3v) is 5.56. The lowest BCUT2D eigenvalue weighted by molar-refractivity contribution is -0.132. The Morgan fingerprint density at radius 3 is 2.63 bits per heavy atom. The topological polar surface area (TPSA) is 62.3 Å². The molecule has 0 bridgehead atoms. The number of benzene rings is 1. The molecule has 0 spiro atoms. The molecule has 144 valence electrons. The van der Waals surface area contributed by atoms with Gasteiger partial charge in [0.05, 0.1) is 0 Å². The Hall–Kier alpha value is -2.23. The number of hydrogen-bond acceptors (Lipinski definition) is 3. The SMILES string of the molecule is CCCCC(=NCCc1c(C)[nH]c2ccc(C)cc12)C1C(=O)CCCC1=O. The van der Waals surface area contributed by atoms with Crippen LogP contribution in [0, 0.1) is 19.8 Å². The van der Waals surface area contributed by atoms with Gasteiger partial charge in [-0.05, 0) is 57.2 Å². The van der Waals surface area contributed by atoms with Crippen molar-refractivity contribution >= 4 is 28.2 Å². The summed E-state index contributed by atoms with van der Waals surface area (Å²) in [6.07, 6.45) is 5.31. The van der Waals surface area contributed by atoms with Crippen molar-refractivity contribution < 1.29 is 9.59 Å². The van der Waals surface area contributed by atoms with Gasteiger partial charge in [-0.2, -0.15) is 0 Å². The number of aryl methyl sites for hydroxylation is 2. The van der Waals surface area contributed by atoms with Crippen molar-refractivity contribution in [2.45, 2.75) is 65.7 Å². The van der Waals surface area contributed by atoms with E-state index in [2.05, 4.69) is 44.0 Å². The van der Waals surface area contributed by atoms with Crippen molar-refractivity contribution in [3.8, 4) is 0 Å². The molecule has 1 aromatic carbocycles. The second-order valence-electron chi connectivity index (χ2n) is 7.72. The summed E-state index contributed by atoms with van der Waals surface area (Å²) in [4.78, 5) is 33.0. The van der Waals surface area contributed by atoms with Crippen LogP contribution in [0.2, 0.25) is 0 Å². The summed E-state index contributed by atoms with van der Waals surface area (Å²) in [5.74, 6) is -0.434. The first-order valence-corrected chi connectivity index (χ1v) is 10.2. The lowest BCUT2D eigenvalue weighted by Crippen LogP contribution is -2.35. The summed E-state index contributed by atoms with van der Waals surface area (Å²) in [7, 11) is 0. The van der Waals surface area contributed by atoms with Crippen LogP contribution in [-0.2, 0) is 16.0 Å². The summed E-state index contributed by atoms with van der Waals surface area (Å²) >= 11 is 0. The molecule has 1 aliphatic carbocycles. The van der Waals surface area contributed by atoms with Gasteiger partial charge in [0.25, 0.3) is 0 Å². The van der Waals surface area contributed by atoms with E-state index in [9.17, 15) is 9.59 Å². The van der Waals surface area contributed by atoms with E-state index in [1.54, 1.807) is 0 Å². The number of carbonyl (C=O) groups excluding carboxylic acids is 2. The van der Waals surface area contributed by atoms with E-state index in [0.29, 0.717) is 25.8 Å². The number of ketones is 2. The van der Waals surface area contributed by atoms with Crippen molar-refractivity contribution in [3.05, 3.63) is 35.0 Å². The van der Waals surface area contributed by atoms with E-state index >= 15 is 0 Å². The highest BCUT2D eigenvalue weighted by Crippen LogP contribution is 2.25. The number of carbonyl (C=O) groups is 2. The van der Waals surface area contributed by atoms with E-state index in [4.69, 9.17) is 4.99 Å². The fourth-order valence-electron chi connectivity index (χ4n) is 4.08. The number of H-pyrrole nitrogens is 1. The maximum Gasteiger partial charge on any atom is 0.149 e. The molecule has 0 atom stereocenters. The molecule has 0 unspecified atom stereocenters. The molecular formula is C23H30N2O2. The predicted molar refractivity (Wildman–Crippen MR) is 111 cm³/mol. The Labute approximate surface area is 161 Å². The predicted octanol–water partition coefficient (Wildman–Crippen LogP) is 4.90. The van der Waals surface area contributed by atoms with E-state index in [0.717, 1.165) is 36.9 Å². The minimum absolute atomic E-state index is 0.0694. The molecular weight excluding hydrogens is 336 g/mol. The Bertz CT molecular complexity index is 860. The van der Waals surface area contributed by atoms with Gasteiger partial charge in [-0.15, -0.1) is 0 Å². The number of aromatic nitrogens is 1. The molecule has 4 heteroatoms. The van der Waals surface area contributed by atoms with Crippen LogP contribution in [0.25, 0.3) is 10.9 Å². The standard InChI is InChI=1S/C23H30N2O2/c1-4-5-7-20(23-21(26)8-6-9-22(23)27)24-13-12-17-16(3)25-19-11-10-15(2)14-18(17)19/h10-11,14,23,25H,4-9,12-13H2,1-3H3. The minimum Gasteiger partial charge on any atom is -0.358 e. The van der Waals surface area contributed by atoms with Crippen molar-refractivity contribution in [2.75, 3.05) is 6.54 Å². The van der Waals surface area contributed by atoms with Gasteiger partial charge in [0.1, 0.15) is 17.5 Å². The fourth-order valence-corrected chi connectivity index (χ4v) is 4.08. The van der Waals surface area contributed by atoms with Crippen LogP contribution in [-0.4, -0.2) is 28.8 Å². The zero-order valence-electron chi connectivity index (χ0n) is 16.7. The Morgan fingerprint density at radius 2 is 1.93 bits per heavy atom.